The molecule has 0 unspecified atom stereocenters. The molecule has 0 saturated heterocycles. The second-order valence-corrected chi connectivity index (χ2v) is 4.74. The second kappa shape index (κ2) is 3.66. The molecule has 15 heavy (non-hydrogen) atoms. The zero-order valence-electron chi connectivity index (χ0n) is 9.03. The third-order valence-corrected chi connectivity index (χ3v) is 3.39. The van der Waals surface area contributed by atoms with Gasteiger partial charge in [-0.25, -0.2) is 4.98 Å². The van der Waals surface area contributed by atoms with Gasteiger partial charge >= 0.3 is 0 Å². The summed E-state index contributed by atoms with van der Waals surface area (Å²) in [4.78, 5) is 5.37. The minimum absolute atomic E-state index is 0.355. The summed E-state index contributed by atoms with van der Waals surface area (Å²) in [6, 6.07) is 0. The highest BCUT2D eigenvalue weighted by molar-refractivity contribution is 7.14. The van der Waals surface area contributed by atoms with Gasteiger partial charge in [0.2, 0.25) is 0 Å². The van der Waals surface area contributed by atoms with Gasteiger partial charge in [0, 0.05) is 5.92 Å². The fraction of sp³-hybridized carbons (Fsp3) is 0.400. The van der Waals surface area contributed by atoms with Gasteiger partial charge < -0.3 is 5.73 Å². The van der Waals surface area contributed by atoms with Crippen LogP contribution in [0.1, 0.15) is 31.2 Å². The van der Waals surface area contributed by atoms with Crippen LogP contribution < -0.4 is 5.73 Å². The number of aromatic nitrogens is 3. The third-order valence-electron chi connectivity index (χ3n) is 2.28. The minimum atomic E-state index is 0.355. The Balaban J connectivity index is 2.41. The van der Waals surface area contributed by atoms with E-state index in [1.54, 1.807) is 11.3 Å². The minimum Gasteiger partial charge on any atom is -0.397 e. The van der Waals surface area contributed by atoms with Crippen molar-refractivity contribution >= 4 is 17.0 Å². The molecule has 0 saturated carbocycles. The van der Waals surface area contributed by atoms with Crippen LogP contribution in [0.3, 0.4) is 0 Å². The van der Waals surface area contributed by atoms with E-state index in [1.807, 2.05) is 12.3 Å². The Labute approximate surface area is 92.5 Å². The van der Waals surface area contributed by atoms with E-state index in [1.165, 1.54) is 0 Å². The van der Waals surface area contributed by atoms with Crippen molar-refractivity contribution in [3.8, 4) is 10.7 Å². The molecule has 0 bridgehead atoms. The fourth-order valence-corrected chi connectivity index (χ4v) is 2.17. The zero-order chi connectivity index (χ0) is 11.0. The molecule has 0 aliphatic heterocycles. The summed E-state index contributed by atoms with van der Waals surface area (Å²) in [6.45, 7) is 6.14. The average Bonchev–Trinajstić information content (AvgIpc) is 2.76. The molecule has 0 spiro atoms. The molecule has 0 aliphatic rings. The van der Waals surface area contributed by atoms with E-state index in [0.29, 0.717) is 11.7 Å². The normalized spacial score (nSPS) is 11.2. The SMILES string of the molecule is Cc1csc(-c2n[nH]c(C(C)C)n2)c1N. The summed E-state index contributed by atoms with van der Waals surface area (Å²) in [5, 5.41) is 9.13. The molecule has 4 nitrogen and oxygen atoms in total. The van der Waals surface area contributed by atoms with Crippen LogP contribution in [0.2, 0.25) is 0 Å². The van der Waals surface area contributed by atoms with Gasteiger partial charge in [0.05, 0.1) is 10.6 Å². The van der Waals surface area contributed by atoms with Crippen LogP contribution in [0.4, 0.5) is 5.69 Å². The van der Waals surface area contributed by atoms with Crippen molar-refractivity contribution in [3.63, 3.8) is 0 Å². The first-order chi connectivity index (χ1) is 7.09. The Bertz CT molecular complexity index is 469. The highest BCUT2D eigenvalue weighted by Crippen LogP contribution is 2.32. The van der Waals surface area contributed by atoms with Crippen LogP contribution in [-0.2, 0) is 0 Å². The number of hydrogen-bond acceptors (Lipinski definition) is 4. The maximum Gasteiger partial charge on any atom is 0.193 e. The van der Waals surface area contributed by atoms with E-state index in [-0.39, 0.29) is 0 Å². The van der Waals surface area contributed by atoms with Crippen LogP contribution in [0.15, 0.2) is 5.38 Å². The number of H-pyrrole nitrogens is 1. The molecule has 0 aliphatic carbocycles. The lowest BCUT2D eigenvalue weighted by atomic mass is 10.2. The fourth-order valence-electron chi connectivity index (χ4n) is 1.26. The lowest BCUT2D eigenvalue weighted by molar-refractivity contribution is 0.781. The number of nitrogens with one attached hydrogen (secondary N) is 1. The molecule has 2 rings (SSSR count). The first kappa shape index (κ1) is 10.2. The van der Waals surface area contributed by atoms with Gasteiger partial charge in [-0.3, -0.25) is 5.10 Å². The maximum absolute atomic E-state index is 5.94. The van der Waals surface area contributed by atoms with E-state index in [9.17, 15) is 0 Å². The molecule has 0 aromatic carbocycles. The Hall–Kier alpha value is -1.36. The van der Waals surface area contributed by atoms with Gasteiger partial charge in [0.1, 0.15) is 5.82 Å². The van der Waals surface area contributed by atoms with Gasteiger partial charge in [0.25, 0.3) is 0 Å². The van der Waals surface area contributed by atoms with Crippen LogP contribution in [0.5, 0.6) is 0 Å². The molecule has 5 heteroatoms. The van der Waals surface area contributed by atoms with Crippen LogP contribution >= 0.6 is 11.3 Å². The van der Waals surface area contributed by atoms with Crippen LogP contribution in [0.25, 0.3) is 10.7 Å². The summed E-state index contributed by atoms with van der Waals surface area (Å²) < 4.78 is 0. The maximum atomic E-state index is 5.94. The van der Waals surface area contributed by atoms with Gasteiger partial charge in [-0.2, -0.15) is 5.10 Å². The summed E-state index contributed by atoms with van der Waals surface area (Å²) in [5.41, 5.74) is 7.81. The quantitative estimate of drug-likeness (QED) is 0.820. The number of nitrogens with two attached hydrogens (primary N) is 1. The number of thiophene rings is 1. The highest BCUT2D eigenvalue weighted by atomic mass is 32.1. The molecule has 3 N–H and O–H groups in total. The molecule has 2 aromatic rings. The molecule has 2 heterocycles. The van der Waals surface area contributed by atoms with Crippen LogP contribution in [0, 0.1) is 6.92 Å². The molecule has 80 valence electrons. The topological polar surface area (TPSA) is 67.6 Å². The number of nitrogens with zero attached hydrogens (tertiary/aromatic N) is 2. The second-order valence-electron chi connectivity index (χ2n) is 3.86. The van der Waals surface area contributed by atoms with E-state index in [4.69, 9.17) is 5.73 Å². The van der Waals surface area contributed by atoms with Gasteiger partial charge in [0.15, 0.2) is 5.82 Å². The number of nitrogen functional groups attached to an aromatic ring is 1. The first-order valence-corrected chi connectivity index (χ1v) is 5.73. The van der Waals surface area contributed by atoms with Crippen molar-refractivity contribution in [2.45, 2.75) is 26.7 Å². The van der Waals surface area contributed by atoms with E-state index in [2.05, 4.69) is 29.0 Å². The standard InChI is InChI=1S/C10H14N4S/c1-5(2)9-12-10(14-13-9)8-7(11)6(3)4-15-8/h4-5H,11H2,1-3H3,(H,12,13,14). The monoisotopic (exact) mass is 222 g/mol. The highest BCUT2D eigenvalue weighted by Gasteiger charge is 2.13. The predicted octanol–water partition coefficient (Wildman–Crippen LogP) is 2.55. The van der Waals surface area contributed by atoms with Crippen LogP contribution in [-0.4, -0.2) is 15.2 Å². The van der Waals surface area contributed by atoms with Crippen molar-refractivity contribution in [2.24, 2.45) is 0 Å². The van der Waals surface area contributed by atoms with Crippen molar-refractivity contribution in [1.29, 1.82) is 0 Å². The smallest absolute Gasteiger partial charge is 0.193 e. The molecule has 0 fully saturated rings. The Morgan fingerprint density at radius 2 is 2.20 bits per heavy atom. The number of aryl methyl sites for hydroxylation is 1. The summed E-state index contributed by atoms with van der Waals surface area (Å²) in [6.07, 6.45) is 0. The number of rotatable bonds is 2. The molecule has 0 amide bonds. The summed E-state index contributed by atoms with van der Waals surface area (Å²) in [5.74, 6) is 1.96. The van der Waals surface area contributed by atoms with Gasteiger partial charge in [-0.15, -0.1) is 11.3 Å². The lowest BCUT2D eigenvalue weighted by Crippen LogP contribution is -1.90. The Morgan fingerprint density at radius 3 is 2.67 bits per heavy atom. The number of hydrogen-bond donors (Lipinski definition) is 2. The van der Waals surface area contributed by atoms with Crippen molar-refractivity contribution in [1.82, 2.24) is 15.2 Å². The predicted molar refractivity (Wildman–Crippen MR) is 62.9 cm³/mol. The van der Waals surface area contributed by atoms with Gasteiger partial charge in [-0.1, -0.05) is 13.8 Å². The van der Waals surface area contributed by atoms with Crippen molar-refractivity contribution in [3.05, 3.63) is 16.8 Å². The van der Waals surface area contributed by atoms with Crippen molar-refractivity contribution < 1.29 is 0 Å². The Kier molecular flexibility index (Phi) is 2.48. The van der Waals surface area contributed by atoms with E-state index >= 15 is 0 Å². The summed E-state index contributed by atoms with van der Waals surface area (Å²) >= 11 is 1.58. The summed E-state index contributed by atoms with van der Waals surface area (Å²) in [7, 11) is 0. The average molecular weight is 222 g/mol. The zero-order valence-corrected chi connectivity index (χ0v) is 9.85. The van der Waals surface area contributed by atoms with Crippen molar-refractivity contribution in [2.75, 3.05) is 5.73 Å². The third kappa shape index (κ3) is 1.74. The molecule has 0 atom stereocenters. The van der Waals surface area contributed by atoms with E-state index < -0.39 is 0 Å². The molecular weight excluding hydrogens is 208 g/mol. The first-order valence-electron chi connectivity index (χ1n) is 4.85. The number of aromatic amines is 1. The lowest BCUT2D eigenvalue weighted by Gasteiger charge is -1.95. The molecule has 0 radical (unpaired) electrons. The molecule has 2 aromatic heterocycles. The Morgan fingerprint density at radius 1 is 1.47 bits per heavy atom. The molecular formula is C10H14N4S. The van der Waals surface area contributed by atoms with Gasteiger partial charge in [-0.05, 0) is 17.9 Å². The largest absolute Gasteiger partial charge is 0.397 e. The van der Waals surface area contributed by atoms with E-state index in [0.717, 1.165) is 22.0 Å². The number of anilines is 1.